The second-order valence-corrected chi connectivity index (χ2v) is 3.50. The number of likely N-dealkylation sites (tertiary alicyclic amines) is 1. The Labute approximate surface area is 69.2 Å². The molecule has 1 saturated heterocycles. The van der Waals surface area contributed by atoms with E-state index in [4.69, 9.17) is 5.11 Å². The van der Waals surface area contributed by atoms with Crippen molar-refractivity contribution >= 4 is 0 Å². The number of piperidine rings is 1. The van der Waals surface area contributed by atoms with Crippen molar-refractivity contribution in [2.45, 2.75) is 38.1 Å². The zero-order chi connectivity index (χ0) is 8.10. The molecular formula is C9H19NO. The fourth-order valence-electron chi connectivity index (χ4n) is 1.84. The van der Waals surface area contributed by atoms with Crippen molar-refractivity contribution in [3.63, 3.8) is 0 Å². The SMILES string of the molecule is CN1CCCCC1CCCO. The molecule has 1 unspecified atom stereocenters. The molecule has 1 aliphatic rings. The molecule has 66 valence electrons. The molecule has 1 heterocycles. The van der Waals surface area contributed by atoms with Gasteiger partial charge in [0.15, 0.2) is 0 Å². The molecule has 0 saturated carbocycles. The Bertz CT molecular complexity index is 106. The van der Waals surface area contributed by atoms with Gasteiger partial charge in [-0.3, -0.25) is 0 Å². The molecular weight excluding hydrogens is 138 g/mol. The molecule has 2 nitrogen and oxygen atoms in total. The van der Waals surface area contributed by atoms with Crippen LogP contribution in [0.3, 0.4) is 0 Å². The van der Waals surface area contributed by atoms with Gasteiger partial charge in [-0.1, -0.05) is 6.42 Å². The Kier molecular flexibility index (Phi) is 3.87. The highest BCUT2D eigenvalue weighted by Crippen LogP contribution is 2.18. The van der Waals surface area contributed by atoms with Gasteiger partial charge in [0.1, 0.15) is 0 Å². The van der Waals surface area contributed by atoms with Crippen molar-refractivity contribution in [1.82, 2.24) is 4.90 Å². The van der Waals surface area contributed by atoms with Crippen LogP contribution in [0.5, 0.6) is 0 Å². The molecule has 1 fully saturated rings. The molecule has 1 aliphatic heterocycles. The van der Waals surface area contributed by atoms with E-state index in [1.165, 1.54) is 32.2 Å². The highest BCUT2D eigenvalue weighted by Gasteiger charge is 2.17. The van der Waals surface area contributed by atoms with Gasteiger partial charge in [0.05, 0.1) is 0 Å². The Morgan fingerprint density at radius 1 is 1.45 bits per heavy atom. The van der Waals surface area contributed by atoms with Crippen LogP contribution in [0.4, 0.5) is 0 Å². The van der Waals surface area contributed by atoms with Crippen LogP contribution < -0.4 is 0 Å². The number of rotatable bonds is 3. The zero-order valence-corrected chi connectivity index (χ0v) is 7.42. The Balaban J connectivity index is 2.18. The summed E-state index contributed by atoms with van der Waals surface area (Å²) in [4.78, 5) is 2.43. The maximum Gasteiger partial charge on any atom is 0.0431 e. The highest BCUT2D eigenvalue weighted by atomic mass is 16.2. The second kappa shape index (κ2) is 4.73. The van der Waals surface area contributed by atoms with Crippen molar-refractivity contribution in [2.24, 2.45) is 0 Å². The molecule has 1 atom stereocenters. The lowest BCUT2D eigenvalue weighted by molar-refractivity contribution is 0.163. The van der Waals surface area contributed by atoms with E-state index in [0.29, 0.717) is 6.61 Å². The maximum atomic E-state index is 8.66. The van der Waals surface area contributed by atoms with Crippen molar-refractivity contribution < 1.29 is 5.11 Å². The minimum absolute atomic E-state index is 0.352. The van der Waals surface area contributed by atoms with Crippen LogP contribution in [0, 0.1) is 0 Å². The predicted octanol–water partition coefficient (Wildman–Crippen LogP) is 1.24. The van der Waals surface area contributed by atoms with Gasteiger partial charge in [0, 0.05) is 12.6 Å². The Morgan fingerprint density at radius 2 is 2.27 bits per heavy atom. The lowest BCUT2D eigenvalue weighted by Crippen LogP contribution is -2.36. The van der Waals surface area contributed by atoms with Crippen molar-refractivity contribution in [3.8, 4) is 0 Å². The average Bonchev–Trinajstić information content (AvgIpc) is 2.03. The van der Waals surface area contributed by atoms with E-state index in [1.54, 1.807) is 0 Å². The molecule has 0 spiro atoms. The number of nitrogens with zero attached hydrogens (tertiary/aromatic N) is 1. The van der Waals surface area contributed by atoms with E-state index < -0.39 is 0 Å². The lowest BCUT2D eigenvalue weighted by Gasteiger charge is -2.32. The van der Waals surface area contributed by atoms with Crippen molar-refractivity contribution in [1.29, 1.82) is 0 Å². The molecule has 0 aromatic carbocycles. The molecule has 0 radical (unpaired) electrons. The quantitative estimate of drug-likeness (QED) is 0.666. The first kappa shape index (κ1) is 9.01. The largest absolute Gasteiger partial charge is 0.396 e. The van der Waals surface area contributed by atoms with Crippen LogP contribution in [-0.4, -0.2) is 36.2 Å². The summed E-state index contributed by atoms with van der Waals surface area (Å²) in [6.07, 6.45) is 6.20. The van der Waals surface area contributed by atoms with Crippen LogP contribution in [0.15, 0.2) is 0 Å². The molecule has 0 aliphatic carbocycles. The predicted molar refractivity (Wildman–Crippen MR) is 46.6 cm³/mol. The second-order valence-electron chi connectivity index (χ2n) is 3.50. The Morgan fingerprint density at radius 3 is 2.91 bits per heavy atom. The smallest absolute Gasteiger partial charge is 0.0431 e. The molecule has 0 amide bonds. The van der Waals surface area contributed by atoms with Crippen molar-refractivity contribution in [2.75, 3.05) is 20.2 Å². The molecule has 0 bridgehead atoms. The molecule has 2 heteroatoms. The molecule has 0 aromatic heterocycles. The third-order valence-electron chi connectivity index (χ3n) is 2.62. The zero-order valence-electron chi connectivity index (χ0n) is 7.42. The first-order valence-corrected chi connectivity index (χ1v) is 4.65. The van der Waals surface area contributed by atoms with Gasteiger partial charge in [-0.05, 0) is 39.3 Å². The summed E-state index contributed by atoms with van der Waals surface area (Å²) in [7, 11) is 2.20. The minimum atomic E-state index is 0.352. The van der Waals surface area contributed by atoms with Crippen LogP contribution in [-0.2, 0) is 0 Å². The summed E-state index contributed by atoms with van der Waals surface area (Å²) in [5.74, 6) is 0. The van der Waals surface area contributed by atoms with Crippen LogP contribution in [0.1, 0.15) is 32.1 Å². The summed E-state index contributed by atoms with van der Waals surface area (Å²) >= 11 is 0. The van der Waals surface area contributed by atoms with Gasteiger partial charge >= 0.3 is 0 Å². The van der Waals surface area contributed by atoms with Gasteiger partial charge in [-0.25, -0.2) is 0 Å². The Hall–Kier alpha value is -0.0800. The van der Waals surface area contributed by atoms with Gasteiger partial charge in [0.2, 0.25) is 0 Å². The van der Waals surface area contributed by atoms with E-state index >= 15 is 0 Å². The van der Waals surface area contributed by atoms with Gasteiger partial charge in [-0.2, -0.15) is 0 Å². The topological polar surface area (TPSA) is 23.5 Å². The monoisotopic (exact) mass is 157 g/mol. The normalized spacial score (nSPS) is 27.3. The lowest BCUT2D eigenvalue weighted by atomic mass is 9.99. The fourth-order valence-corrected chi connectivity index (χ4v) is 1.84. The molecule has 0 aromatic rings. The summed E-state index contributed by atoms with van der Waals surface area (Å²) in [5, 5.41) is 8.66. The third kappa shape index (κ3) is 2.80. The third-order valence-corrected chi connectivity index (χ3v) is 2.62. The van der Waals surface area contributed by atoms with Gasteiger partial charge < -0.3 is 10.0 Å². The fraction of sp³-hybridized carbons (Fsp3) is 1.00. The standard InChI is InChI=1S/C9H19NO/c1-10-7-3-2-5-9(10)6-4-8-11/h9,11H,2-8H2,1H3. The van der Waals surface area contributed by atoms with E-state index in [-0.39, 0.29) is 0 Å². The van der Waals surface area contributed by atoms with E-state index in [9.17, 15) is 0 Å². The summed E-state index contributed by atoms with van der Waals surface area (Å²) in [5.41, 5.74) is 0. The number of aliphatic hydroxyl groups is 1. The van der Waals surface area contributed by atoms with Crippen LogP contribution in [0.2, 0.25) is 0 Å². The first-order chi connectivity index (χ1) is 5.34. The van der Waals surface area contributed by atoms with E-state index in [2.05, 4.69) is 11.9 Å². The highest BCUT2D eigenvalue weighted by molar-refractivity contribution is 4.73. The molecule has 1 rings (SSSR count). The molecule has 11 heavy (non-hydrogen) atoms. The number of hydrogen-bond donors (Lipinski definition) is 1. The van der Waals surface area contributed by atoms with Gasteiger partial charge in [0.25, 0.3) is 0 Å². The average molecular weight is 157 g/mol. The maximum absolute atomic E-state index is 8.66. The minimum Gasteiger partial charge on any atom is -0.396 e. The van der Waals surface area contributed by atoms with E-state index in [1.807, 2.05) is 0 Å². The number of hydrogen-bond acceptors (Lipinski definition) is 2. The summed E-state index contributed by atoms with van der Waals surface area (Å²) < 4.78 is 0. The van der Waals surface area contributed by atoms with Crippen molar-refractivity contribution in [3.05, 3.63) is 0 Å². The molecule has 1 N–H and O–H groups in total. The van der Waals surface area contributed by atoms with E-state index in [0.717, 1.165) is 12.5 Å². The summed E-state index contributed by atoms with van der Waals surface area (Å²) in [6.45, 7) is 1.60. The van der Waals surface area contributed by atoms with Crippen LogP contribution >= 0.6 is 0 Å². The van der Waals surface area contributed by atoms with Gasteiger partial charge in [-0.15, -0.1) is 0 Å². The first-order valence-electron chi connectivity index (χ1n) is 4.65. The van der Waals surface area contributed by atoms with Crippen LogP contribution in [0.25, 0.3) is 0 Å². The summed E-state index contributed by atoms with van der Waals surface area (Å²) in [6, 6.07) is 0.746. The number of aliphatic hydroxyl groups excluding tert-OH is 1.